The number of ether oxygens (including phenoxy) is 1. The van der Waals surface area contributed by atoms with Crippen molar-refractivity contribution in [3.63, 3.8) is 0 Å². The highest BCUT2D eigenvalue weighted by molar-refractivity contribution is 5.82. The van der Waals surface area contributed by atoms with Crippen LogP contribution in [-0.2, 0) is 16.1 Å². The predicted molar refractivity (Wildman–Crippen MR) is 100 cm³/mol. The first-order valence-electron chi connectivity index (χ1n) is 8.78. The summed E-state index contributed by atoms with van der Waals surface area (Å²) in [6, 6.07) is 18.4. The van der Waals surface area contributed by atoms with E-state index in [1.54, 1.807) is 0 Å². The van der Waals surface area contributed by atoms with Gasteiger partial charge in [0.15, 0.2) is 0 Å². The van der Waals surface area contributed by atoms with E-state index in [1.165, 1.54) is 5.69 Å². The first-order valence-corrected chi connectivity index (χ1v) is 8.78. The Kier molecular flexibility index (Phi) is 6.04. The number of carbonyl (C=O) groups is 1. The van der Waals surface area contributed by atoms with Gasteiger partial charge in [0, 0.05) is 31.0 Å². The van der Waals surface area contributed by atoms with Crippen LogP contribution in [0.2, 0.25) is 0 Å². The highest BCUT2D eigenvalue weighted by atomic mass is 16.5. The van der Waals surface area contributed by atoms with Gasteiger partial charge in [-0.05, 0) is 36.8 Å². The summed E-state index contributed by atoms with van der Waals surface area (Å²) in [5.41, 5.74) is 3.40. The Hall–Kier alpha value is -2.37. The number of morpholine rings is 1. The molecule has 3 rings (SSSR count). The molecule has 0 bridgehead atoms. The zero-order valence-corrected chi connectivity index (χ0v) is 14.6. The molecule has 2 aromatic carbocycles. The maximum Gasteiger partial charge on any atom is 0.239 e. The number of rotatable bonds is 6. The van der Waals surface area contributed by atoms with E-state index in [9.17, 15) is 4.79 Å². The number of hydrogen-bond acceptors (Lipinski definition) is 4. The van der Waals surface area contributed by atoms with Gasteiger partial charge in [0.2, 0.25) is 5.91 Å². The smallest absolute Gasteiger partial charge is 0.239 e. The normalized spacial score (nSPS) is 17.1. The number of nitrogens with zero attached hydrogens (tertiary/aromatic N) is 1. The van der Waals surface area contributed by atoms with Gasteiger partial charge in [-0.3, -0.25) is 4.79 Å². The van der Waals surface area contributed by atoms with Crippen LogP contribution in [0.5, 0.6) is 0 Å². The average molecular weight is 339 g/mol. The van der Waals surface area contributed by atoms with Gasteiger partial charge in [0.05, 0.1) is 13.2 Å². The quantitative estimate of drug-likeness (QED) is 0.849. The molecule has 1 heterocycles. The highest BCUT2D eigenvalue weighted by Crippen LogP contribution is 2.24. The molecule has 1 aliphatic heterocycles. The molecule has 1 unspecified atom stereocenters. The van der Waals surface area contributed by atoms with E-state index in [0.717, 1.165) is 24.3 Å². The third-order valence-electron chi connectivity index (χ3n) is 4.34. The van der Waals surface area contributed by atoms with Crippen LogP contribution in [0.25, 0.3) is 0 Å². The molecular weight excluding hydrogens is 314 g/mol. The largest absolute Gasteiger partial charge is 0.378 e. The van der Waals surface area contributed by atoms with Gasteiger partial charge in [0.1, 0.15) is 6.04 Å². The summed E-state index contributed by atoms with van der Waals surface area (Å²) >= 11 is 0. The Morgan fingerprint density at radius 2 is 1.88 bits per heavy atom. The standard InChI is InChI=1S/C20H25N3O2/c1-2-23(17-6-4-3-5-7-17)18-10-8-16(9-11-18)14-22-20(24)19-15-25-13-12-21-19/h3-11,19,21H,2,12-15H2,1H3,(H,22,24). The Morgan fingerprint density at radius 1 is 1.16 bits per heavy atom. The molecular formula is C20H25N3O2. The predicted octanol–water partition coefficient (Wildman–Crippen LogP) is 2.45. The van der Waals surface area contributed by atoms with Crippen molar-refractivity contribution in [3.8, 4) is 0 Å². The van der Waals surface area contributed by atoms with Gasteiger partial charge >= 0.3 is 0 Å². The summed E-state index contributed by atoms with van der Waals surface area (Å²) in [6.07, 6.45) is 0. The molecule has 1 aliphatic rings. The first-order chi connectivity index (χ1) is 12.3. The summed E-state index contributed by atoms with van der Waals surface area (Å²) < 4.78 is 5.32. The van der Waals surface area contributed by atoms with Crippen molar-refractivity contribution in [2.75, 3.05) is 31.2 Å². The zero-order valence-electron chi connectivity index (χ0n) is 14.6. The molecule has 132 valence electrons. The lowest BCUT2D eigenvalue weighted by Crippen LogP contribution is -2.51. The van der Waals surface area contributed by atoms with E-state index >= 15 is 0 Å². The van der Waals surface area contributed by atoms with Crippen LogP contribution in [0, 0.1) is 0 Å². The monoisotopic (exact) mass is 339 g/mol. The number of benzene rings is 2. The SMILES string of the molecule is CCN(c1ccccc1)c1ccc(CNC(=O)C2COCCN2)cc1. The molecule has 1 fully saturated rings. The Balaban J connectivity index is 1.59. The van der Waals surface area contributed by atoms with E-state index in [0.29, 0.717) is 19.8 Å². The van der Waals surface area contributed by atoms with Crippen LogP contribution in [0.15, 0.2) is 54.6 Å². The fourth-order valence-electron chi connectivity index (χ4n) is 2.96. The van der Waals surface area contributed by atoms with E-state index in [2.05, 4.69) is 58.9 Å². The molecule has 25 heavy (non-hydrogen) atoms. The molecule has 0 radical (unpaired) electrons. The number of nitrogens with one attached hydrogen (secondary N) is 2. The first kappa shape index (κ1) is 17.5. The maximum absolute atomic E-state index is 12.1. The number of carbonyl (C=O) groups excluding carboxylic acids is 1. The molecule has 1 atom stereocenters. The Labute approximate surface area is 149 Å². The van der Waals surface area contributed by atoms with Crippen molar-refractivity contribution >= 4 is 17.3 Å². The summed E-state index contributed by atoms with van der Waals surface area (Å²) in [7, 11) is 0. The van der Waals surface area contributed by atoms with Crippen LogP contribution >= 0.6 is 0 Å². The zero-order chi connectivity index (χ0) is 17.5. The molecule has 2 aromatic rings. The number of amides is 1. The molecule has 5 nitrogen and oxygen atoms in total. The van der Waals surface area contributed by atoms with Crippen LogP contribution in [-0.4, -0.2) is 38.3 Å². The van der Waals surface area contributed by atoms with E-state index in [4.69, 9.17) is 4.74 Å². The van der Waals surface area contributed by atoms with Gasteiger partial charge < -0.3 is 20.3 Å². The summed E-state index contributed by atoms with van der Waals surface area (Å²) in [5, 5.41) is 6.13. The topological polar surface area (TPSA) is 53.6 Å². The van der Waals surface area contributed by atoms with E-state index in [1.807, 2.05) is 18.2 Å². The van der Waals surface area contributed by atoms with E-state index in [-0.39, 0.29) is 11.9 Å². The van der Waals surface area contributed by atoms with Crippen molar-refractivity contribution in [2.24, 2.45) is 0 Å². The van der Waals surface area contributed by atoms with Crippen molar-refractivity contribution in [1.29, 1.82) is 0 Å². The second kappa shape index (κ2) is 8.65. The molecule has 0 aliphatic carbocycles. The van der Waals surface area contributed by atoms with Crippen LogP contribution < -0.4 is 15.5 Å². The van der Waals surface area contributed by atoms with E-state index < -0.39 is 0 Å². The van der Waals surface area contributed by atoms with Gasteiger partial charge in [-0.25, -0.2) is 0 Å². The van der Waals surface area contributed by atoms with Crippen molar-refractivity contribution in [1.82, 2.24) is 10.6 Å². The molecule has 0 aromatic heterocycles. The van der Waals surface area contributed by atoms with Crippen molar-refractivity contribution in [3.05, 3.63) is 60.2 Å². The minimum atomic E-state index is -0.248. The molecule has 0 spiro atoms. The summed E-state index contributed by atoms with van der Waals surface area (Å²) in [6.45, 7) is 5.38. The lowest BCUT2D eigenvalue weighted by molar-refractivity contribution is -0.126. The summed E-state index contributed by atoms with van der Waals surface area (Å²) in [4.78, 5) is 14.4. The van der Waals surface area contributed by atoms with Gasteiger partial charge in [-0.2, -0.15) is 0 Å². The fraction of sp³-hybridized carbons (Fsp3) is 0.350. The lowest BCUT2D eigenvalue weighted by Gasteiger charge is -2.24. The summed E-state index contributed by atoms with van der Waals surface area (Å²) in [5.74, 6) is -0.0109. The van der Waals surface area contributed by atoms with Crippen LogP contribution in [0.3, 0.4) is 0 Å². The number of anilines is 2. The lowest BCUT2D eigenvalue weighted by atomic mass is 10.1. The molecule has 5 heteroatoms. The minimum absolute atomic E-state index is 0.0109. The molecule has 1 saturated heterocycles. The third kappa shape index (κ3) is 4.59. The highest BCUT2D eigenvalue weighted by Gasteiger charge is 2.20. The maximum atomic E-state index is 12.1. The minimum Gasteiger partial charge on any atom is -0.378 e. The molecule has 2 N–H and O–H groups in total. The second-order valence-corrected chi connectivity index (χ2v) is 6.05. The Morgan fingerprint density at radius 3 is 2.52 bits per heavy atom. The van der Waals surface area contributed by atoms with Crippen molar-refractivity contribution in [2.45, 2.75) is 19.5 Å². The van der Waals surface area contributed by atoms with Crippen LogP contribution in [0.1, 0.15) is 12.5 Å². The van der Waals surface area contributed by atoms with Gasteiger partial charge in [-0.1, -0.05) is 30.3 Å². The molecule has 0 saturated carbocycles. The van der Waals surface area contributed by atoms with Crippen molar-refractivity contribution < 1.29 is 9.53 Å². The number of para-hydroxylation sites is 1. The van der Waals surface area contributed by atoms with Gasteiger partial charge in [-0.15, -0.1) is 0 Å². The number of hydrogen-bond donors (Lipinski definition) is 2. The fourth-order valence-corrected chi connectivity index (χ4v) is 2.96. The van der Waals surface area contributed by atoms with Gasteiger partial charge in [0.25, 0.3) is 0 Å². The second-order valence-electron chi connectivity index (χ2n) is 6.05. The average Bonchev–Trinajstić information content (AvgIpc) is 2.69. The molecule has 1 amide bonds. The Bertz CT molecular complexity index is 667. The third-order valence-corrected chi connectivity index (χ3v) is 4.34. The van der Waals surface area contributed by atoms with Crippen LogP contribution in [0.4, 0.5) is 11.4 Å².